The number of hydrogen-bond donors (Lipinski definition) is 1. The van der Waals surface area contributed by atoms with Crippen LogP contribution in [0.15, 0.2) is 18.2 Å². The zero-order chi connectivity index (χ0) is 19.4. The molecule has 1 N–H and O–H groups in total. The first-order valence-electron chi connectivity index (χ1n) is 8.12. The summed E-state index contributed by atoms with van der Waals surface area (Å²) < 4.78 is 26.5. The molecule has 0 aromatic heterocycles. The molecular weight excluding hydrogens is 348 g/mol. The Morgan fingerprint density at radius 2 is 1.92 bits per heavy atom. The molecule has 7 nitrogen and oxygen atoms in total. The predicted octanol–water partition coefficient (Wildman–Crippen LogP) is 0.793. The monoisotopic (exact) mass is 369 g/mol. The molecule has 0 saturated carbocycles. The largest absolute Gasteiger partial charge is 0.480 e. The van der Waals surface area contributed by atoms with Crippen molar-refractivity contribution in [2.45, 2.75) is 6.42 Å². The zero-order valence-corrected chi connectivity index (χ0v) is 14.6. The smallest absolute Gasteiger partial charge is 0.323 e. The standard InChI is InChI=1S/C17H21F2N3O4/c1-20(2)7-8-21(10-15(23)24)16(25)12-5-6-22(17(12)26)11-3-4-13(18)14(19)9-11/h3-4,9,12H,5-8,10H2,1-2H3,(H,23,24)/t12-/m0/s1. The van der Waals surface area contributed by atoms with Crippen molar-refractivity contribution in [3.8, 4) is 0 Å². The van der Waals surface area contributed by atoms with Crippen LogP contribution in [-0.4, -0.2) is 73.0 Å². The lowest BCUT2D eigenvalue weighted by molar-refractivity contribution is -0.148. The lowest BCUT2D eigenvalue weighted by atomic mass is 10.1. The van der Waals surface area contributed by atoms with Crippen molar-refractivity contribution in [1.29, 1.82) is 0 Å². The molecule has 1 aliphatic heterocycles. The van der Waals surface area contributed by atoms with Gasteiger partial charge in [-0.25, -0.2) is 8.78 Å². The number of likely N-dealkylation sites (N-methyl/N-ethyl adjacent to an activating group) is 1. The molecule has 0 aliphatic carbocycles. The van der Waals surface area contributed by atoms with E-state index in [0.29, 0.717) is 6.54 Å². The van der Waals surface area contributed by atoms with Crippen LogP contribution in [0.25, 0.3) is 0 Å². The van der Waals surface area contributed by atoms with Crippen molar-refractivity contribution >= 4 is 23.5 Å². The highest BCUT2D eigenvalue weighted by Crippen LogP contribution is 2.27. The first-order valence-corrected chi connectivity index (χ1v) is 8.12. The molecule has 0 radical (unpaired) electrons. The van der Waals surface area contributed by atoms with Gasteiger partial charge >= 0.3 is 5.97 Å². The minimum Gasteiger partial charge on any atom is -0.480 e. The SMILES string of the molecule is CN(C)CCN(CC(=O)O)C(=O)[C@@H]1CCN(c2ccc(F)c(F)c2)C1=O. The topological polar surface area (TPSA) is 81.2 Å². The summed E-state index contributed by atoms with van der Waals surface area (Å²) in [6, 6.07) is 3.09. The Bertz CT molecular complexity index is 711. The maximum absolute atomic E-state index is 13.4. The van der Waals surface area contributed by atoms with Crippen molar-refractivity contribution < 1.29 is 28.3 Å². The van der Waals surface area contributed by atoms with E-state index in [-0.39, 0.29) is 25.2 Å². The number of hydrogen-bond acceptors (Lipinski definition) is 4. The number of carboxylic acid groups (broad SMARTS) is 1. The van der Waals surface area contributed by atoms with Gasteiger partial charge in [-0.2, -0.15) is 0 Å². The molecule has 1 fully saturated rings. The summed E-state index contributed by atoms with van der Waals surface area (Å²) in [6.07, 6.45) is 0.189. The van der Waals surface area contributed by atoms with Crippen molar-refractivity contribution in [2.75, 3.05) is 45.2 Å². The molecule has 1 atom stereocenters. The van der Waals surface area contributed by atoms with Crippen molar-refractivity contribution in [3.63, 3.8) is 0 Å². The Morgan fingerprint density at radius 1 is 1.23 bits per heavy atom. The third-order valence-corrected chi connectivity index (χ3v) is 4.17. The van der Waals surface area contributed by atoms with Gasteiger partial charge in [0.05, 0.1) is 0 Å². The van der Waals surface area contributed by atoms with Crippen LogP contribution < -0.4 is 4.90 Å². The van der Waals surface area contributed by atoms with Gasteiger partial charge in [0.1, 0.15) is 12.5 Å². The van der Waals surface area contributed by atoms with Crippen LogP contribution in [0.4, 0.5) is 14.5 Å². The van der Waals surface area contributed by atoms with Gasteiger partial charge in [-0.3, -0.25) is 14.4 Å². The molecule has 1 aromatic carbocycles. The molecule has 26 heavy (non-hydrogen) atoms. The minimum atomic E-state index is -1.17. The third kappa shape index (κ3) is 4.54. The number of anilines is 1. The summed E-state index contributed by atoms with van der Waals surface area (Å²) in [5, 5.41) is 9.01. The number of nitrogens with zero attached hydrogens (tertiary/aromatic N) is 3. The molecule has 142 valence electrons. The number of carbonyl (C=O) groups excluding carboxylic acids is 2. The van der Waals surface area contributed by atoms with Crippen LogP contribution in [0, 0.1) is 17.6 Å². The molecule has 0 spiro atoms. The second kappa shape index (κ2) is 8.22. The van der Waals surface area contributed by atoms with Crippen molar-refractivity contribution in [3.05, 3.63) is 29.8 Å². The normalized spacial score (nSPS) is 17.0. The first kappa shape index (κ1) is 19.8. The van der Waals surface area contributed by atoms with Gasteiger partial charge in [0.25, 0.3) is 0 Å². The molecule has 9 heteroatoms. The molecule has 1 aliphatic rings. The Labute approximate surface area is 149 Å². The summed E-state index contributed by atoms with van der Waals surface area (Å²) in [6.45, 7) is 0.302. The van der Waals surface area contributed by atoms with Crippen LogP contribution in [0.2, 0.25) is 0 Å². The maximum Gasteiger partial charge on any atom is 0.323 e. The molecular formula is C17H21F2N3O4. The summed E-state index contributed by atoms with van der Waals surface area (Å²) in [5.41, 5.74) is 0.169. The highest BCUT2D eigenvalue weighted by Gasteiger charge is 2.40. The highest BCUT2D eigenvalue weighted by molar-refractivity contribution is 6.10. The highest BCUT2D eigenvalue weighted by atomic mass is 19.2. The Balaban J connectivity index is 2.14. The van der Waals surface area contributed by atoms with Crippen LogP contribution in [0.1, 0.15) is 6.42 Å². The number of halogens is 2. The van der Waals surface area contributed by atoms with Gasteiger partial charge in [0.2, 0.25) is 11.8 Å². The van der Waals surface area contributed by atoms with E-state index in [1.54, 1.807) is 19.0 Å². The van der Waals surface area contributed by atoms with Gasteiger partial charge in [0, 0.05) is 31.4 Å². The first-order chi connectivity index (χ1) is 12.2. The fourth-order valence-corrected chi connectivity index (χ4v) is 2.79. The molecule has 2 rings (SSSR count). The zero-order valence-electron chi connectivity index (χ0n) is 14.6. The number of rotatable bonds is 7. The quantitative estimate of drug-likeness (QED) is 0.719. The van der Waals surface area contributed by atoms with Gasteiger partial charge in [-0.1, -0.05) is 0 Å². The number of benzene rings is 1. The summed E-state index contributed by atoms with van der Waals surface area (Å²) in [5.74, 6) is -5.40. The maximum atomic E-state index is 13.4. The summed E-state index contributed by atoms with van der Waals surface area (Å²) in [4.78, 5) is 40.4. The Morgan fingerprint density at radius 3 is 2.50 bits per heavy atom. The number of aliphatic carboxylic acids is 1. The van der Waals surface area contributed by atoms with Gasteiger partial charge in [-0.05, 0) is 32.6 Å². The van der Waals surface area contributed by atoms with E-state index in [0.717, 1.165) is 17.0 Å². The molecule has 1 aromatic rings. The van der Waals surface area contributed by atoms with Crippen molar-refractivity contribution in [2.24, 2.45) is 5.92 Å². The van der Waals surface area contributed by atoms with E-state index in [2.05, 4.69) is 0 Å². The fourth-order valence-electron chi connectivity index (χ4n) is 2.79. The Kier molecular flexibility index (Phi) is 6.25. The van der Waals surface area contributed by atoms with Crippen LogP contribution in [0.5, 0.6) is 0 Å². The number of carboxylic acids is 1. The number of amides is 2. The van der Waals surface area contributed by atoms with E-state index in [9.17, 15) is 23.2 Å². The van der Waals surface area contributed by atoms with Crippen molar-refractivity contribution in [1.82, 2.24) is 9.80 Å². The lowest BCUT2D eigenvalue weighted by Gasteiger charge is -2.25. The average molecular weight is 369 g/mol. The molecule has 2 amide bonds. The van der Waals surface area contributed by atoms with E-state index in [1.165, 1.54) is 11.0 Å². The molecule has 1 heterocycles. The minimum absolute atomic E-state index is 0.169. The third-order valence-electron chi connectivity index (χ3n) is 4.17. The predicted molar refractivity (Wildman–Crippen MR) is 89.6 cm³/mol. The second-order valence-electron chi connectivity index (χ2n) is 6.39. The number of carbonyl (C=O) groups is 3. The van der Waals surface area contributed by atoms with E-state index < -0.39 is 41.9 Å². The second-order valence-corrected chi connectivity index (χ2v) is 6.39. The summed E-state index contributed by atoms with van der Waals surface area (Å²) in [7, 11) is 3.57. The molecule has 1 saturated heterocycles. The van der Waals surface area contributed by atoms with Crippen LogP contribution in [0.3, 0.4) is 0 Å². The lowest BCUT2D eigenvalue weighted by Crippen LogP contribution is -2.45. The molecule has 0 bridgehead atoms. The van der Waals surface area contributed by atoms with Gasteiger partial charge in [-0.15, -0.1) is 0 Å². The summed E-state index contributed by atoms with van der Waals surface area (Å²) >= 11 is 0. The Hall–Kier alpha value is -2.55. The average Bonchev–Trinajstić information content (AvgIpc) is 2.94. The van der Waals surface area contributed by atoms with Gasteiger partial charge in [0.15, 0.2) is 11.6 Å². The van der Waals surface area contributed by atoms with Crippen LogP contribution >= 0.6 is 0 Å². The fraction of sp³-hybridized carbons (Fsp3) is 0.471. The van der Waals surface area contributed by atoms with Crippen LogP contribution in [-0.2, 0) is 14.4 Å². The molecule has 0 unspecified atom stereocenters. The van der Waals surface area contributed by atoms with E-state index >= 15 is 0 Å². The van der Waals surface area contributed by atoms with E-state index in [1.807, 2.05) is 0 Å². The van der Waals surface area contributed by atoms with Gasteiger partial charge < -0.3 is 19.8 Å². The van der Waals surface area contributed by atoms with E-state index in [4.69, 9.17) is 5.11 Å².